The SMILES string of the molecule is CC(C)(CN)c1csc(-c2cncs2)n1. The van der Waals surface area contributed by atoms with Crippen molar-refractivity contribution in [3.05, 3.63) is 22.8 Å². The lowest BCUT2D eigenvalue weighted by Crippen LogP contribution is -2.28. The van der Waals surface area contributed by atoms with Crippen LogP contribution in [0.15, 0.2) is 17.1 Å². The van der Waals surface area contributed by atoms with E-state index in [1.807, 2.05) is 11.7 Å². The zero-order valence-corrected chi connectivity index (χ0v) is 10.4. The number of hydrogen-bond donors (Lipinski definition) is 1. The average molecular weight is 239 g/mol. The van der Waals surface area contributed by atoms with Crippen molar-refractivity contribution >= 4 is 22.7 Å². The molecule has 2 rings (SSSR count). The lowest BCUT2D eigenvalue weighted by molar-refractivity contribution is 0.525. The third-order valence-electron chi connectivity index (χ3n) is 2.35. The van der Waals surface area contributed by atoms with Crippen molar-refractivity contribution in [3.8, 4) is 9.88 Å². The molecule has 0 radical (unpaired) electrons. The van der Waals surface area contributed by atoms with Crippen LogP contribution in [0.2, 0.25) is 0 Å². The van der Waals surface area contributed by atoms with Gasteiger partial charge in [-0.25, -0.2) is 4.98 Å². The maximum absolute atomic E-state index is 5.72. The molecule has 0 amide bonds. The summed E-state index contributed by atoms with van der Waals surface area (Å²) in [5.41, 5.74) is 8.57. The number of aromatic nitrogens is 2. The summed E-state index contributed by atoms with van der Waals surface area (Å²) in [6.45, 7) is 4.83. The monoisotopic (exact) mass is 239 g/mol. The van der Waals surface area contributed by atoms with Gasteiger partial charge in [-0.05, 0) is 0 Å². The van der Waals surface area contributed by atoms with E-state index in [4.69, 9.17) is 5.73 Å². The number of thiazole rings is 2. The summed E-state index contributed by atoms with van der Waals surface area (Å²) in [5, 5.41) is 3.12. The summed E-state index contributed by atoms with van der Waals surface area (Å²) >= 11 is 3.27. The van der Waals surface area contributed by atoms with Crippen LogP contribution in [0.25, 0.3) is 9.88 Å². The van der Waals surface area contributed by atoms with Gasteiger partial charge in [-0.3, -0.25) is 4.98 Å². The van der Waals surface area contributed by atoms with Gasteiger partial charge in [0.2, 0.25) is 0 Å². The van der Waals surface area contributed by atoms with Crippen molar-refractivity contribution in [2.24, 2.45) is 5.73 Å². The van der Waals surface area contributed by atoms with Crippen LogP contribution in [0.5, 0.6) is 0 Å². The van der Waals surface area contributed by atoms with E-state index in [-0.39, 0.29) is 5.41 Å². The Morgan fingerprint density at radius 2 is 2.20 bits per heavy atom. The number of hydrogen-bond acceptors (Lipinski definition) is 5. The van der Waals surface area contributed by atoms with Gasteiger partial charge in [-0.15, -0.1) is 22.7 Å². The molecule has 0 aliphatic carbocycles. The molecule has 2 aromatic heterocycles. The number of nitrogens with two attached hydrogens (primary N) is 1. The van der Waals surface area contributed by atoms with Crippen LogP contribution < -0.4 is 5.73 Å². The molecule has 15 heavy (non-hydrogen) atoms. The Hall–Kier alpha value is -0.780. The summed E-state index contributed by atoms with van der Waals surface area (Å²) < 4.78 is 0. The summed E-state index contributed by atoms with van der Waals surface area (Å²) in [6, 6.07) is 0. The van der Waals surface area contributed by atoms with Gasteiger partial charge >= 0.3 is 0 Å². The van der Waals surface area contributed by atoms with E-state index in [1.54, 1.807) is 22.7 Å². The van der Waals surface area contributed by atoms with Gasteiger partial charge in [0.1, 0.15) is 5.01 Å². The van der Waals surface area contributed by atoms with Crippen LogP contribution in [-0.2, 0) is 5.41 Å². The first-order valence-corrected chi connectivity index (χ1v) is 6.44. The van der Waals surface area contributed by atoms with Crippen molar-refractivity contribution in [2.75, 3.05) is 6.54 Å². The van der Waals surface area contributed by atoms with Crippen LogP contribution in [-0.4, -0.2) is 16.5 Å². The van der Waals surface area contributed by atoms with Gasteiger partial charge in [-0.1, -0.05) is 13.8 Å². The van der Waals surface area contributed by atoms with Gasteiger partial charge in [0, 0.05) is 23.5 Å². The Balaban J connectivity index is 2.33. The highest BCUT2D eigenvalue weighted by molar-refractivity contribution is 7.19. The second-order valence-corrected chi connectivity index (χ2v) is 5.74. The second-order valence-electron chi connectivity index (χ2n) is 3.99. The van der Waals surface area contributed by atoms with Crippen LogP contribution >= 0.6 is 22.7 Å². The molecule has 0 saturated carbocycles. The van der Waals surface area contributed by atoms with E-state index in [2.05, 4.69) is 29.2 Å². The van der Waals surface area contributed by atoms with Crippen molar-refractivity contribution in [1.29, 1.82) is 0 Å². The first-order chi connectivity index (χ1) is 7.13. The van der Waals surface area contributed by atoms with E-state index >= 15 is 0 Å². The van der Waals surface area contributed by atoms with Crippen molar-refractivity contribution in [1.82, 2.24) is 9.97 Å². The fourth-order valence-electron chi connectivity index (χ4n) is 1.12. The normalized spacial score (nSPS) is 11.9. The molecule has 0 aliphatic rings. The molecule has 2 aromatic rings. The first-order valence-electron chi connectivity index (χ1n) is 4.68. The zero-order chi connectivity index (χ0) is 10.9. The zero-order valence-electron chi connectivity index (χ0n) is 8.73. The lowest BCUT2D eigenvalue weighted by atomic mass is 9.90. The Morgan fingerprint density at radius 3 is 2.80 bits per heavy atom. The van der Waals surface area contributed by atoms with Crippen LogP contribution in [0.3, 0.4) is 0 Å². The molecule has 80 valence electrons. The molecule has 0 fully saturated rings. The van der Waals surface area contributed by atoms with Gasteiger partial charge < -0.3 is 5.73 Å². The Kier molecular flexibility index (Phi) is 2.86. The van der Waals surface area contributed by atoms with E-state index < -0.39 is 0 Å². The average Bonchev–Trinajstić information content (AvgIpc) is 2.88. The Labute approximate surface area is 97.0 Å². The fourth-order valence-corrected chi connectivity index (χ4v) is 2.83. The fraction of sp³-hybridized carbons (Fsp3) is 0.400. The van der Waals surface area contributed by atoms with Gasteiger partial charge in [0.15, 0.2) is 0 Å². The highest BCUT2D eigenvalue weighted by Gasteiger charge is 2.22. The van der Waals surface area contributed by atoms with Gasteiger partial charge in [-0.2, -0.15) is 0 Å². The summed E-state index contributed by atoms with van der Waals surface area (Å²) in [4.78, 5) is 9.78. The summed E-state index contributed by atoms with van der Waals surface area (Å²) in [5.74, 6) is 0. The highest BCUT2D eigenvalue weighted by Crippen LogP contribution is 2.31. The predicted octanol–water partition coefficient (Wildman–Crippen LogP) is 2.50. The molecule has 0 saturated heterocycles. The molecule has 0 unspecified atom stereocenters. The minimum atomic E-state index is -0.0422. The number of rotatable bonds is 3. The minimum Gasteiger partial charge on any atom is -0.330 e. The van der Waals surface area contributed by atoms with Gasteiger partial charge in [0.05, 0.1) is 16.1 Å². The van der Waals surface area contributed by atoms with E-state index in [1.165, 1.54) is 0 Å². The lowest BCUT2D eigenvalue weighted by Gasteiger charge is -2.19. The maximum atomic E-state index is 5.72. The molecule has 3 nitrogen and oxygen atoms in total. The smallest absolute Gasteiger partial charge is 0.135 e. The van der Waals surface area contributed by atoms with Crippen LogP contribution in [0.4, 0.5) is 0 Å². The van der Waals surface area contributed by atoms with Crippen molar-refractivity contribution in [3.63, 3.8) is 0 Å². The van der Waals surface area contributed by atoms with Crippen LogP contribution in [0.1, 0.15) is 19.5 Å². The predicted molar refractivity (Wildman–Crippen MR) is 65.3 cm³/mol. The largest absolute Gasteiger partial charge is 0.330 e. The highest BCUT2D eigenvalue weighted by atomic mass is 32.1. The molecule has 2 N–H and O–H groups in total. The minimum absolute atomic E-state index is 0.0422. The number of nitrogens with zero attached hydrogens (tertiary/aromatic N) is 2. The van der Waals surface area contributed by atoms with Crippen LogP contribution in [0, 0.1) is 0 Å². The third-order valence-corrected chi connectivity index (χ3v) is 4.14. The topological polar surface area (TPSA) is 51.8 Å². The maximum Gasteiger partial charge on any atom is 0.135 e. The third kappa shape index (κ3) is 2.09. The first kappa shape index (κ1) is 10.7. The van der Waals surface area contributed by atoms with E-state index in [0.29, 0.717) is 6.54 Å². The summed E-state index contributed by atoms with van der Waals surface area (Å²) in [6.07, 6.45) is 1.85. The molecule has 0 bridgehead atoms. The van der Waals surface area contributed by atoms with Crippen molar-refractivity contribution in [2.45, 2.75) is 19.3 Å². The molecule has 5 heteroatoms. The second kappa shape index (κ2) is 4.00. The molecule has 2 heterocycles. The van der Waals surface area contributed by atoms with Gasteiger partial charge in [0.25, 0.3) is 0 Å². The van der Waals surface area contributed by atoms with E-state index in [9.17, 15) is 0 Å². The molecule has 0 atom stereocenters. The molecule has 0 aliphatic heterocycles. The molecular weight excluding hydrogens is 226 g/mol. The van der Waals surface area contributed by atoms with Crippen molar-refractivity contribution < 1.29 is 0 Å². The molecule has 0 aromatic carbocycles. The molecule has 0 spiro atoms. The molecular formula is C10H13N3S2. The quantitative estimate of drug-likeness (QED) is 0.895. The summed E-state index contributed by atoms with van der Waals surface area (Å²) in [7, 11) is 0. The Bertz CT molecular complexity index is 431. The van der Waals surface area contributed by atoms with E-state index in [0.717, 1.165) is 15.6 Å². The Morgan fingerprint density at radius 1 is 1.40 bits per heavy atom. The standard InChI is InChI=1S/C10H13N3S2/c1-10(2,5-11)8-4-14-9(13-8)7-3-12-6-15-7/h3-4,6H,5,11H2,1-2H3.